The molecule has 0 amide bonds. The molecule has 0 atom stereocenters. The minimum atomic E-state index is -4.27. The van der Waals surface area contributed by atoms with E-state index in [-0.39, 0.29) is 0 Å². The Morgan fingerprint density at radius 3 is 1.95 bits per heavy atom. The third-order valence-electron chi connectivity index (χ3n) is 3.50. The summed E-state index contributed by atoms with van der Waals surface area (Å²) in [6.45, 7) is 6.83. The lowest BCUT2D eigenvalue weighted by atomic mass is 10.0. The number of rotatable bonds is 3. The average Bonchev–Trinajstić information content (AvgIpc) is 2.37. The van der Waals surface area contributed by atoms with E-state index in [9.17, 15) is 13.2 Å². The molecule has 0 unspecified atom stereocenters. The van der Waals surface area contributed by atoms with Gasteiger partial charge in [0, 0.05) is 0 Å². The van der Waals surface area contributed by atoms with Gasteiger partial charge in [-0.15, -0.1) is 0 Å². The Hall–Kier alpha value is -1.55. The molecule has 0 nitrogen and oxygen atoms in total. The molecule has 2 aromatic rings. The van der Waals surface area contributed by atoms with Crippen molar-refractivity contribution in [2.45, 2.75) is 32.2 Å². The first kappa shape index (κ1) is 15.8. The first-order valence-corrected chi connectivity index (χ1v) is 10.4. The number of benzene rings is 2. The molecule has 0 saturated heterocycles. The Balaban J connectivity index is 2.27. The molecule has 0 radical (unpaired) electrons. The van der Waals surface area contributed by atoms with Gasteiger partial charge in [0.25, 0.3) is 0 Å². The van der Waals surface area contributed by atoms with E-state index >= 15 is 0 Å². The van der Waals surface area contributed by atoms with Crippen LogP contribution >= 0.6 is 0 Å². The molecule has 21 heavy (non-hydrogen) atoms. The Labute approximate surface area is 124 Å². The first-order valence-electron chi connectivity index (χ1n) is 6.92. The van der Waals surface area contributed by atoms with Gasteiger partial charge in [0.05, 0.1) is 13.6 Å². The summed E-state index contributed by atoms with van der Waals surface area (Å²) >= 11 is 0. The summed E-state index contributed by atoms with van der Waals surface area (Å²) < 4.78 is 37.7. The van der Waals surface area contributed by atoms with Crippen molar-refractivity contribution in [2.24, 2.45) is 0 Å². The third kappa shape index (κ3) is 3.97. The zero-order chi connectivity index (χ0) is 15.7. The van der Waals surface area contributed by atoms with E-state index in [4.69, 9.17) is 0 Å². The number of halogens is 3. The van der Waals surface area contributed by atoms with Crippen LogP contribution in [0.2, 0.25) is 19.6 Å². The summed E-state index contributed by atoms with van der Waals surface area (Å²) in [5.74, 6) is 0. The van der Waals surface area contributed by atoms with Gasteiger partial charge in [-0.25, -0.2) is 0 Å². The third-order valence-corrected chi connectivity index (χ3v) is 5.61. The van der Waals surface area contributed by atoms with Crippen molar-refractivity contribution in [2.75, 3.05) is 0 Å². The zero-order valence-corrected chi connectivity index (χ0v) is 13.5. The van der Waals surface area contributed by atoms with Gasteiger partial charge in [-0.2, -0.15) is 13.2 Å². The minimum absolute atomic E-state index is 0.593. The topological polar surface area (TPSA) is 0 Å². The van der Waals surface area contributed by atoms with Crippen LogP contribution in [0.3, 0.4) is 0 Å². The Bertz CT molecular complexity index is 607. The smallest absolute Gasteiger partial charge is 0.166 e. The van der Waals surface area contributed by atoms with Crippen LogP contribution in [-0.4, -0.2) is 8.07 Å². The van der Waals surface area contributed by atoms with Gasteiger partial charge in [-0.05, 0) is 29.7 Å². The SMILES string of the molecule is C[Si](C)(C)c1ccccc1Cc1ccc(C(F)(F)F)cc1. The molecule has 0 aliphatic rings. The summed E-state index contributed by atoms with van der Waals surface area (Å²) in [5.41, 5.74) is 1.54. The molecule has 0 aliphatic carbocycles. The summed E-state index contributed by atoms with van der Waals surface area (Å²) in [6, 6.07) is 13.7. The molecule has 0 aliphatic heterocycles. The fourth-order valence-electron chi connectivity index (χ4n) is 2.44. The molecular weight excluding hydrogens is 289 g/mol. The largest absolute Gasteiger partial charge is 0.416 e. The van der Waals surface area contributed by atoms with E-state index < -0.39 is 19.8 Å². The maximum Gasteiger partial charge on any atom is 0.416 e. The van der Waals surface area contributed by atoms with Crippen LogP contribution in [0.5, 0.6) is 0 Å². The Morgan fingerprint density at radius 2 is 1.43 bits per heavy atom. The van der Waals surface area contributed by atoms with Crippen molar-refractivity contribution < 1.29 is 13.2 Å². The molecule has 112 valence electrons. The highest BCUT2D eigenvalue weighted by atomic mass is 28.3. The van der Waals surface area contributed by atoms with Gasteiger partial charge in [0.2, 0.25) is 0 Å². The molecule has 2 rings (SSSR count). The van der Waals surface area contributed by atoms with E-state index in [0.29, 0.717) is 6.42 Å². The Kier molecular flexibility index (Phi) is 4.28. The summed E-state index contributed by atoms with van der Waals surface area (Å²) in [5, 5.41) is 1.37. The van der Waals surface area contributed by atoms with Crippen molar-refractivity contribution in [3.63, 3.8) is 0 Å². The molecule has 2 aromatic carbocycles. The summed E-state index contributed by atoms with van der Waals surface area (Å²) in [4.78, 5) is 0. The Morgan fingerprint density at radius 1 is 0.857 bits per heavy atom. The standard InChI is InChI=1S/C17H19F3Si/c1-21(2,3)16-7-5-4-6-14(16)12-13-8-10-15(11-9-13)17(18,19)20/h4-11H,12H2,1-3H3. The molecule has 0 bridgehead atoms. The summed E-state index contributed by atoms with van der Waals surface area (Å²) in [7, 11) is -1.45. The van der Waals surface area contributed by atoms with Gasteiger partial charge in [-0.3, -0.25) is 0 Å². The van der Waals surface area contributed by atoms with E-state index in [0.717, 1.165) is 17.7 Å². The molecule has 0 saturated carbocycles. The van der Waals surface area contributed by atoms with E-state index in [1.54, 1.807) is 12.1 Å². The highest BCUT2D eigenvalue weighted by Gasteiger charge is 2.30. The normalized spacial score (nSPS) is 12.5. The van der Waals surface area contributed by atoms with Crippen LogP contribution in [0.1, 0.15) is 16.7 Å². The van der Waals surface area contributed by atoms with Crippen molar-refractivity contribution in [1.82, 2.24) is 0 Å². The van der Waals surface area contributed by atoms with Crippen LogP contribution in [0, 0.1) is 0 Å². The van der Waals surface area contributed by atoms with Crippen molar-refractivity contribution >= 4 is 13.3 Å². The number of hydrogen-bond donors (Lipinski definition) is 0. The predicted octanol–water partition coefficient (Wildman–Crippen LogP) is 4.84. The number of alkyl halides is 3. The highest BCUT2D eigenvalue weighted by Crippen LogP contribution is 2.29. The summed E-state index contributed by atoms with van der Waals surface area (Å²) in [6.07, 6.45) is -3.59. The van der Waals surface area contributed by atoms with Gasteiger partial charge < -0.3 is 0 Å². The van der Waals surface area contributed by atoms with Gasteiger partial charge in [0.15, 0.2) is 0 Å². The van der Waals surface area contributed by atoms with Gasteiger partial charge in [-0.1, -0.05) is 61.2 Å². The number of hydrogen-bond acceptors (Lipinski definition) is 0. The molecule has 0 aromatic heterocycles. The van der Waals surface area contributed by atoms with Crippen LogP contribution in [0.4, 0.5) is 13.2 Å². The quantitative estimate of drug-likeness (QED) is 0.712. The van der Waals surface area contributed by atoms with Crippen molar-refractivity contribution in [3.05, 3.63) is 65.2 Å². The molecular formula is C17H19F3Si. The lowest BCUT2D eigenvalue weighted by molar-refractivity contribution is -0.137. The molecule has 0 fully saturated rings. The lowest BCUT2D eigenvalue weighted by Gasteiger charge is -2.21. The van der Waals surface area contributed by atoms with Crippen LogP contribution in [-0.2, 0) is 12.6 Å². The molecule has 0 N–H and O–H groups in total. The van der Waals surface area contributed by atoms with E-state index in [1.807, 2.05) is 12.1 Å². The van der Waals surface area contributed by atoms with Crippen molar-refractivity contribution in [3.8, 4) is 0 Å². The van der Waals surface area contributed by atoms with Gasteiger partial charge >= 0.3 is 6.18 Å². The van der Waals surface area contributed by atoms with E-state index in [1.165, 1.54) is 10.8 Å². The fourth-order valence-corrected chi connectivity index (χ4v) is 4.17. The second-order valence-electron chi connectivity index (χ2n) is 6.28. The predicted molar refractivity (Wildman–Crippen MR) is 83.7 cm³/mol. The monoisotopic (exact) mass is 308 g/mol. The molecule has 4 heteroatoms. The fraction of sp³-hybridized carbons (Fsp3) is 0.294. The molecule has 0 spiro atoms. The zero-order valence-electron chi connectivity index (χ0n) is 12.5. The highest BCUT2D eigenvalue weighted by molar-refractivity contribution is 6.89. The van der Waals surface area contributed by atoms with Crippen LogP contribution < -0.4 is 5.19 Å². The maximum atomic E-state index is 12.6. The lowest BCUT2D eigenvalue weighted by Crippen LogP contribution is -2.40. The maximum absolute atomic E-state index is 12.6. The second kappa shape index (κ2) is 5.68. The van der Waals surface area contributed by atoms with E-state index in [2.05, 4.69) is 31.8 Å². The minimum Gasteiger partial charge on any atom is -0.166 e. The van der Waals surface area contributed by atoms with Crippen molar-refractivity contribution in [1.29, 1.82) is 0 Å². The molecule has 0 heterocycles. The average molecular weight is 308 g/mol. The van der Waals surface area contributed by atoms with Crippen LogP contribution in [0.25, 0.3) is 0 Å². The van der Waals surface area contributed by atoms with Crippen LogP contribution in [0.15, 0.2) is 48.5 Å². The van der Waals surface area contributed by atoms with Gasteiger partial charge in [0.1, 0.15) is 0 Å². The second-order valence-corrected chi connectivity index (χ2v) is 11.3. The first-order chi connectivity index (χ1) is 9.68.